The summed E-state index contributed by atoms with van der Waals surface area (Å²) in [4.78, 5) is 0. The molecule has 1 fully saturated rings. The van der Waals surface area contributed by atoms with Gasteiger partial charge in [-0.3, -0.25) is 0 Å². The summed E-state index contributed by atoms with van der Waals surface area (Å²) in [5, 5.41) is 0. The van der Waals surface area contributed by atoms with Gasteiger partial charge in [0.1, 0.15) is 0 Å². The minimum atomic E-state index is 0.486. The minimum absolute atomic E-state index is 0.486. The summed E-state index contributed by atoms with van der Waals surface area (Å²) in [6.45, 7) is 2.09. The lowest BCUT2D eigenvalue weighted by atomic mass is 10.1. The summed E-state index contributed by atoms with van der Waals surface area (Å²) in [6.07, 6.45) is 8.64. The Morgan fingerprint density at radius 2 is 2.57 bits per heavy atom. The Balaban J connectivity index is 2.27. The van der Waals surface area contributed by atoms with Crippen molar-refractivity contribution in [3.8, 4) is 12.3 Å². The van der Waals surface area contributed by atoms with Gasteiger partial charge in [0.2, 0.25) is 0 Å². The van der Waals surface area contributed by atoms with Crippen LogP contribution in [0.15, 0.2) is 0 Å². The zero-order valence-electron chi connectivity index (χ0n) is 4.52. The summed E-state index contributed by atoms with van der Waals surface area (Å²) in [5.41, 5.74) is 0. The molecule has 2 unspecified atom stereocenters. The molecule has 0 aromatic carbocycles. The molecule has 0 aromatic heterocycles. The Bertz CT molecular complexity index is 93.1. The molecule has 0 amide bonds. The van der Waals surface area contributed by atoms with Gasteiger partial charge in [-0.1, -0.05) is 6.92 Å². The van der Waals surface area contributed by atoms with Crippen LogP contribution in [-0.2, 0) is 0 Å². The number of hydrogen-bond acceptors (Lipinski definition) is 0. The zero-order valence-corrected chi connectivity index (χ0v) is 4.52. The van der Waals surface area contributed by atoms with E-state index in [9.17, 15) is 0 Å². The standard InChI is InChI=1S/C7H9/c1-3-6(2)7-4-5-7/h1,4,6-7H,5H2,2H3. The normalized spacial score (nSPS) is 23.4. The third-order valence-electron chi connectivity index (χ3n) is 1.41. The fourth-order valence-corrected chi connectivity index (χ4v) is 0.610. The summed E-state index contributed by atoms with van der Waals surface area (Å²) >= 11 is 0. The maximum atomic E-state index is 5.14. The molecule has 1 radical (unpaired) electrons. The van der Waals surface area contributed by atoms with Crippen LogP contribution < -0.4 is 0 Å². The number of hydrogen-bond donors (Lipinski definition) is 0. The van der Waals surface area contributed by atoms with Crippen LogP contribution in [-0.4, -0.2) is 0 Å². The second kappa shape index (κ2) is 1.58. The van der Waals surface area contributed by atoms with Crippen molar-refractivity contribution in [2.24, 2.45) is 11.8 Å². The van der Waals surface area contributed by atoms with Gasteiger partial charge < -0.3 is 0 Å². The molecule has 0 N–H and O–H groups in total. The van der Waals surface area contributed by atoms with Crippen LogP contribution in [0.5, 0.6) is 0 Å². The predicted molar refractivity (Wildman–Crippen MR) is 30.4 cm³/mol. The van der Waals surface area contributed by atoms with E-state index in [2.05, 4.69) is 19.3 Å². The Kier molecular flexibility index (Phi) is 1.06. The molecular weight excluding hydrogens is 84.1 g/mol. The smallest absolute Gasteiger partial charge is 0.0203 e. The number of rotatable bonds is 1. The monoisotopic (exact) mass is 93.1 g/mol. The molecule has 0 saturated heterocycles. The van der Waals surface area contributed by atoms with Crippen LogP contribution >= 0.6 is 0 Å². The maximum Gasteiger partial charge on any atom is 0.0203 e. The molecule has 2 atom stereocenters. The molecule has 0 nitrogen and oxygen atoms in total. The summed E-state index contributed by atoms with van der Waals surface area (Å²) < 4.78 is 0. The molecule has 1 aliphatic carbocycles. The first-order valence-corrected chi connectivity index (χ1v) is 2.64. The SMILES string of the molecule is C#CC(C)C1[CH]C1. The van der Waals surface area contributed by atoms with E-state index in [0.717, 1.165) is 5.92 Å². The zero-order chi connectivity index (χ0) is 5.28. The fraction of sp³-hybridized carbons (Fsp3) is 0.571. The van der Waals surface area contributed by atoms with Crippen LogP contribution in [0.1, 0.15) is 13.3 Å². The van der Waals surface area contributed by atoms with Crippen molar-refractivity contribution in [1.82, 2.24) is 0 Å². The Morgan fingerprint density at radius 3 is 2.71 bits per heavy atom. The molecule has 1 rings (SSSR count). The van der Waals surface area contributed by atoms with Crippen LogP contribution in [0.2, 0.25) is 0 Å². The first kappa shape index (κ1) is 4.71. The molecule has 37 valence electrons. The Hall–Kier alpha value is -0.440. The van der Waals surface area contributed by atoms with Crippen molar-refractivity contribution in [3.05, 3.63) is 6.42 Å². The van der Waals surface area contributed by atoms with Crippen molar-refractivity contribution in [1.29, 1.82) is 0 Å². The third kappa shape index (κ3) is 0.962. The topological polar surface area (TPSA) is 0 Å². The van der Waals surface area contributed by atoms with Gasteiger partial charge in [0, 0.05) is 5.92 Å². The maximum absolute atomic E-state index is 5.14. The minimum Gasteiger partial charge on any atom is -0.120 e. The highest BCUT2D eigenvalue weighted by molar-refractivity contribution is 5.07. The Morgan fingerprint density at radius 1 is 2.00 bits per heavy atom. The van der Waals surface area contributed by atoms with E-state index in [1.165, 1.54) is 6.42 Å². The molecule has 0 aromatic rings. The summed E-state index contributed by atoms with van der Waals surface area (Å²) in [5.74, 6) is 3.94. The second-order valence-electron chi connectivity index (χ2n) is 2.09. The van der Waals surface area contributed by atoms with E-state index in [4.69, 9.17) is 6.42 Å². The molecule has 0 aliphatic heterocycles. The van der Waals surface area contributed by atoms with Crippen molar-refractivity contribution < 1.29 is 0 Å². The van der Waals surface area contributed by atoms with Gasteiger partial charge in [-0.2, -0.15) is 0 Å². The molecular formula is C7H9. The number of terminal acetylenes is 1. The third-order valence-corrected chi connectivity index (χ3v) is 1.41. The van der Waals surface area contributed by atoms with Gasteiger partial charge in [-0.25, -0.2) is 0 Å². The van der Waals surface area contributed by atoms with Gasteiger partial charge in [0.05, 0.1) is 0 Å². The highest BCUT2D eigenvalue weighted by atomic mass is 14.3. The van der Waals surface area contributed by atoms with E-state index in [-0.39, 0.29) is 0 Å². The second-order valence-corrected chi connectivity index (χ2v) is 2.09. The van der Waals surface area contributed by atoms with Crippen LogP contribution in [0.4, 0.5) is 0 Å². The predicted octanol–water partition coefficient (Wildman–Crippen LogP) is 1.48. The van der Waals surface area contributed by atoms with Crippen LogP contribution in [0, 0.1) is 30.6 Å². The average molecular weight is 93.1 g/mol. The van der Waals surface area contributed by atoms with E-state index in [1.54, 1.807) is 0 Å². The highest BCUT2D eigenvalue weighted by Crippen LogP contribution is 2.34. The van der Waals surface area contributed by atoms with Gasteiger partial charge in [0.25, 0.3) is 0 Å². The van der Waals surface area contributed by atoms with Crippen molar-refractivity contribution >= 4 is 0 Å². The lowest BCUT2D eigenvalue weighted by Crippen LogP contribution is -1.89. The van der Waals surface area contributed by atoms with E-state index >= 15 is 0 Å². The van der Waals surface area contributed by atoms with E-state index < -0.39 is 0 Å². The van der Waals surface area contributed by atoms with Crippen molar-refractivity contribution in [2.75, 3.05) is 0 Å². The highest BCUT2D eigenvalue weighted by Gasteiger charge is 2.26. The average Bonchev–Trinajstić information content (AvgIpc) is 2.44. The summed E-state index contributed by atoms with van der Waals surface area (Å²) in [7, 11) is 0. The molecule has 0 spiro atoms. The first-order chi connectivity index (χ1) is 3.34. The van der Waals surface area contributed by atoms with Gasteiger partial charge in [0.15, 0.2) is 0 Å². The molecule has 7 heavy (non-hydrogen) atoms. The van der Waals surface area contributed by atoms with Crippen molar-refractivity contribution in [2.45, 2.75) is 13.3 Å². The summed E-state index contributed by atoms with van der Waals surface area (Å²) in [6, 6.07) is 0. The molecule has 0 heterocycles. The lowest BCUT2D eigenvalue weighted by Gasteiger charge is -1.93. The van der Waals surface area contributed by atoms with E-state index in [0.29, 0.717) is 5.92 Å². The largest absolute Gasteiger partial charge is 0.120 e. The van der Waals surface area contributed by atoms with Crippen LogP contribution in [0.25, 0.3) is 0 Å². The van der Waals surface area contributed by atoms with Crippen molar-refractivity contribution in [3.63, 3.8) is 0 Å². The van der Waals surface area contributed by atoms with Gasteiger partial charge in [-0.15, -0.1) is 12.3 Å². The quantitative estimate of drug-likeness (QED) is 0.431. The lowest BCUT2D eigenvalue weighted by molar-refractivity contribution is 0.671. The molecule has 1 aliphatic rings. The molecule has 0 bridgehead atoms. The van der Waals surface area contributed by atoms with Gasteiger partial charge >= 0.3 is 0 Å². The molecule has 0 heteroatoms. The van der Waals surface area contributed by atoms with Gasteiger partial charge in [-0.05, 0) is 18.8 Å². The molecule has 1 saturated carbocycles. The Labute approximate surface area is 44.9 Å². The van der Waals surface area contributed by atoms with E-state index in [1.807, 2.05) is 0 Å². The fourth-order valence-electron chi connectivity index (χ4n) is 0.610. The van der Waals surface area contributed by atoms with Crippen LogP contribution in [0.3, 0.4) is 0 Å². The first-order valence-electron chi connectivity index (χ1n) is 2.64.